The largest absolute Gasteiger partial charge is 0.389 e. The van der Waals surface area contributed by atoms with Crippen LogP contribution in [0.15, 0.2) is 0 Å². The fraction of sp³-hybridized carbons (Fsp3) is 1.00. The van der Waals surface area contributed by atoms with Gasteiger partial charge in [0.05, 0.1) is 12.7 Å². The lowest BCUT2D eigenvalue weighted by Crippen LogP contribution is -2.42. The zero-order valence-corrected chi connectivity index (χ0v) is 12.8. The molecule has 4 atom stereocenters. The van der Waals surface area contributed by atoms with Gasteiger partial charge in [0.25, 0.3) is 0 Å². The summed E-state index contributed by atoms with van der Waals surface area (Å²) in [6.07, 6.45) is 6.64. The smallest absolute Gasteiger partial charge is 0.0897 e. The van der Waals surface area contributed by atoms with Crippen LogP contribution < -0.4 is 5.32 Å². The number of ether oxygens (including phenoxy) is 1. The molecular formula is C16H31NO2. The van der Waals surface area contributed by atoms with Gasteiger partial charge in [0, 0.05) is 18.7 Å². The number of nitrogens with one attached hydrogen (secondary N) is 1. The number of aliphatic hydroxyl groups is 1. The second-order valence-corrected chi connectivity index (χ2v) is 7.58. The maximum atomic E-state index is 9.82. The molecule has 0 heterocycles. The third-order valence-corrected chi connectivity index (χ3v) is 4.70. The van der Waals surface area contributed by atoms with Gasteiger partial charge >= 0.3 is 0 Å². The Balaban J connectivity index is 1.50. The van der Waals surface area contributed by atoms with Gasteiger partial charge in [-0.3, -0.25) is 0 Å². The van der Waals surface area contributed by atoms with Gasteiger partial charge in [0.15, 0.2) is 0 Å². The van der Waals surface area contributed by atoms with Crippen LogP contribution in [0.3, 0.4) is 0 Å². The summed E-state index contributed by atoms with van der Waals surface area (Å²) in [7, 11) is 0. The van der Waals surface area contributed by atoms with Crippen molar-refractivity contribution in [3.8, 4) is 0 Å². The molecule has 0 aromatic rings. The van der Waals surface area contributed by atoms with E-state index in [1.807, 2.05) is 0 Å². The second-order valence-electron chi connectivity index (χ2n) is 7.58. The van der Waals surface area contributed by atoms with Gasteiger partial charge in [-0.15, -0.1) is 0 Å². The third-order valence-electron chi connectivity index (χ3n) is 4.70. The van der Waals surface area contributed by atoms with Gasteiger partial charge < -0.3 is 15.2 Å². The summed E-state index contributed by atoms with van der Waals surface area (Å²) in [6, 6.07) is 0. The lowest BCUT2D eigenvalue weighted by atomic mass is 9.87. The van der Waals surface area contributed by atoms with Crippen molar-refractivity contribution in [2.75, 3.05) is 19.8 Å². The lowest BCUT2D eigenvalue weighted by Gasteiger charge is -2.23. The maximum Gasteiger partial charge on any atom is 0.0897 e. The molecule has 0 aromatic carbocycles. The number of fused-ring (bicyclic) bond motifs is 2. The Hall–Kier alpha value is -0.120. The van der Waals surface area contributed by atoms with Gasteiger partial charge in [-0.05, 0) is 64.2 Å². The minimum atomic E-state index is -0.390. The molecule has 0 aromatic heterocycles. The second kappa shape index (κ2) is 6.55. The molecule has 19 heavy (non-hydrogen) atoms. The molecule has 3 heteroatoms. The summed E-state index contributed by atoms with van der Waals surface area (Å²) < 4.78 is 5.64. The molecule has 2 saturated carbocycles. The first-order chi connectivity index (χ1) is 8.94. The van der Waals surface area contributed by atoms with Crippen molar-refractivity contribution < 1.29 is 9.84 Å². The topological polar surface area (TPSA) is 41.5 Å². The predicted octanol–water partition coefficient (Wildman–Crippen LogP) is 2.58. The highest BCUT2D eigenvalue weighted by Gasteiger charge is 2.38. The van der Waals surface area contributed by atoms with Crippen molar-refractivity contribution in [1.82, 2.24) is 5.32 Å². The molecule has 2 aliphatic rings. The zero-order valence-electron chi connectivity index (χ0n) is 12.8. The van der Waals surface area contributed by atoms with E-state index < -0.39 is 0 Å². The molecular weight excluding hydrogens is 238 g/mol. The van der Waals surface area contributed by atoms with Crippen molar-refractivity contribution in [3.63, 3.8) is 0 Å². The first-order valence-corrected chi connectivity index (χ1v) is 7.95. The van der Waals surface area contributed by atoms with Gasteiger partial charge in [-0.25, -0.2) is 0 Å². The van der Waals surface area contributed by atoms with Crippen molar-refractivity contribution in [2.24, 2.45) is 17.8 Å². The molecule has 2 aliphatic carbocycles. The molecule has 2 rings (SSSR count). The molecule has 0 aliphatic heterocycles. The number of rotatable bonds is 7. The molecule has 0 unspecified atom stereocenters. The highest BCUT2D eigenvalue weighted by atomic mass is 16.5. The summed E-state index contributed by atoms with van der Waals surface area (Å²) >= 11 is 0. The molecule has 3 nitrogen and oxygen atoms in total. The Morgan fingerprint density at radius 3 is 2.63 bits per heavy atom. The Morgan fingerprint density at radius 1 is 1.26 bits per heavy atom. The van der Waals surface area contributed by atoms with E-state index in [0.29, 0.717) is 13.2 Å². The van der Waals surface area contributed by atoms with E-state index in [4.69, 9.17) is 4.74 Å². The van der Waals surface area contributed by atoms with Crippen LogP contribution in [0.5, 0.6) is 0 Å². The maximum absolute atomic E-state index is 9.82. The minimum Gasteiger partial charge on any atom is -0.389 e. The highest BCUT2D eigenvalue weighted by molar-refractivity contribution is 4.89. The average molecular weight is 269 g/mol. The monoisotopic (exact) mass is 269 g/mol. The van der Waals surface area contributed by atoms with Crippen LogP contribution in [0.25, 0.3) is 0 Å². The van der Waals surface area contributed by atoms with Crippen LogP contribution in [0.1, 0.15) is 52.9 Å². The molecule has 2 N–H and O–H groups in total. The van der Waals surface area contributed by atoms with Crippen molar-refractivity contribution in [3.05, 3.63) is 0 Å². The molecule has 2 fully saturated rings. The molecule has 0 spiro atoms. The summed E-state index contributed by atoms with van der Waals surface area (Å²) in [6.45, 7) is 8.21. The van der Waals surface area contributed by atoms with Crippen LogP contribution in [-0.4, -0.2) is 36.5 Å². The summed E-state index contributed by atoms with van der Waals surface area (Å²) in [4.78, 5) is 0. The summed E-state index contributed by atoms with van der Waals surface area (Å²) in [5.74, 6) is 2.92. The molecule has 112 valence electrons. The molecule has 2 bridgehead atoms. The van der Waals surface area contributed by atoms with Gasteiger partial charge in [0.2, 0.25) is 0 Å². The number of hydrogen-bond acceptors (Lipinski definition) is 3. The van der Waals surface area contributed by atoms with Crippen molar-refractivity contribution in [2.45, 2.75) is 64.5 Å². The first-order valence-electron chi connectivity index (χ1n) is 7.95. The van der Waals surface area contributed by atoms with E-state index in [1.165, 1.54) is 32.1 Å². The van der Waals surface area contributed by atoms with E-state index >= 15 is 0 Å². The van der Waals surface area contributed by atoms with E-state index in [2.05, 4.69) is 26.1 Å². The standard InChI is InChI=1S/C16H31NO2/c1-16(2,3)17-10-15(18)11-19-7-6-14-9-12-4-5-13(14)8-12/h12-15,17-18H,4-11H2,1-3H3/t12-,13-,14+,15+/m0/s1. The van der Waals surface area contributed by atoms with Crippen LogP contribution in [0, 0.1) is 17.8 Å². The van der Waals surface area contributed by atoms with Gasteiger partial charge in [-0.2, -0.15) is 0 Å². The van der Waals surface area contributed by atoms with Crippen LogP contribution in [0.4, 0.5) is 0 Å². The van der Waals surface area contributed by atoms with E-state index in [0.717, 1.165) is 24.4 Å². The fourth-order valence-corrected chi connectivity index (χ4v) is 3.67. The first kappa shape index (κ1) is 15.3. The molecule has 0 radical (unpaired) electrons. The Bertz CT molecular complexity index is 274. The third kappa shape index (κ3) is 5.05. The van der Waals surface area contributed by atoms with E-state index in [-0.39, 0.29) is 11.6 Å². The Labute approximate surface area is 118 Å². The predicted molar refractivity (Wildman–Crippen MR) is 78.1 cm³/mol. The summed E-state index contributed by atoms with van der Waals surface area (Å²) in [5, 5.41) is 13.1. The van der Waals surface area contributed by atoms with Gasteiger partial charge in [0.1, 0.15) is 0 Å². The van der Waals surface area contributed by atoms with Crippen LogP contribution in [-0.2, 0) is 4.74 Å². The van der Waals surface area contributed by atoms with Gasteiger partial charge in [-0.1, -0.05) is 6.42 Å². The molecule has 0 saturated heterocycles. The Kier molecular flexibility index (Phi) is 5.27. The average Bonchev–Trinajstić information content (AvgIpc) is 2.93. The lowest BCUT2D eigenvalue weighted by molar-refractivity contribution is 0.0265. The molecule has 0 amide bonds. The van der Waals surface area contributed by atoms with Crippen molar-refractivity contribution in [1.29, 1.82) is 0 Å². The van der Waals surface area contributed by atoms with Crippen LogP contribution in [0.2, 0.25) is 0 Å². The minimum absolute atomic E-state index is 0.0596. The highest BCUT2D eigenvalue weighted by Crippen LogP contribution is 2.49. The van der Waals surface area contributed by atoms with Crippen LogP contribution >= 0.6 is 0 Å². The van der Waals surface area contributed by atoms with E-state index in [1.54, 1.807) is 0 Å². The zero-order chi connectivity index (χ0) is 13.9. The fourth-order valence-electron chi connectivity index (χ4n) is 3.67. The number of β-amino-alcohol motifs (C(OH)–C–C–N with tert-alkyl or cyclic N) is 1. The van der Waals surface area contributed by atoms with E-state index in [9.17, 15) is 5.11 Å². The normalized spacial score (nSPS) is 31.9. The number of aliphatic hydroxyl groups excluding tert-OH is 1. The Morgan fingerprint density at radius 2 is 2.05 bits per heavy atom. The summed E-state index contributed by atoms with van der Waals surface area (Å²) in [5.41, 5.74) is 0.0596. The number of hydrogen-bond donors (Lipinski definition) is 2. The quantitative estimate of drug-likeness (QED) is 0.698. The SMILES string of the molecule is CC(C)(C)NC[C@@H](O)COCC[C@@H]1C[C@H]2CC[C@H]1C2. The van der Waals surface area contributed by atoms with Crippen molar-refractivity contribution >= 4 is 0 Å².